The van der Waals surface area contributed by atoms with Gasteiger partial charge in [-0.1, -0.05) is 18.2 Å². The first kappa shape index (κ1) is 19.9. The SMILES string of the molecule is CCN(c1ccccc1)S(=O)(=O)c1ccc(Sc2nccn2C)c([N+](=O)[O-])c1. The molecule has 0 unspecified atom stereocenters. The third kappa shape index (κ3) is 3.87. The molecule has 0 radical (unpaired) electrons. The predicted octanol–water partition coefficient (Wildman–Crippen LogP) is 3.69. The Kier molecular flexibility index (Phi) is 5.71. The van der Waals surface area contributed by atoms with Crippen LogP contribution < -0.4 is 4.31 Å². The summed E-state index contributed by atoms with van der Waals surface area (Å²) >= 11 is 1.11. The van der Waals surface area contributed by atoms with E-state index in [1.165, 1.54) is 16.4 Å². The maximum atomic E-state index is 13.1. The van der Waals surface area contributed by atoms with Gasteiger partial charge in [-0.3, -0.25) is 14.4 Å². The van der Waals surface area contributed by atoms with Gasteiger partial charge in [-0.15, -0.1) is 0 Å². The molecule has 0 aliphatic rings. The number of hydrogen-bond acceptors (Lipinski definition) is 6. The third-order valence-corrected chi connectivity index (χ3v) is 7.06. The van der Waals surface area contributed by atoms with Crippen LogP contribution in [0.25, 0.3) is 0 Å². The Morgan fingerprint density at radius 2 is 1.93 bits per heavy atom. The molecule has 0 amide bonds. The highest BCUT2D eigenvalue weighted by Crippen LogP contribution is 2.36. The van der Waals surface area contributed by atoms with Crippen LogP contribution in [-0.2, 0) is 17.1 Å². The molecule has 2 aromatic carbocycles. The van der Waals surface area contributed by atoms with E-state index in [0.717, 1.165) is 17.8 Å². The first-order valence-corrected chi connectivity index (χ1v) is 10.6. The molecule has 0 aliphatic heterocycles. The molecule has 0 atom stereocenters. The number of aryl methyl sites for hydroxylation is 1. The monoisotopic (exact) mass is 418 g/mol. The van der Waals surface area contributed by atoms with Crippen LogP contribution in [0.3, 0.4) is 0 Å². The van der Waals surface area contributed by atoms with E-state index in [-0.39, 0.29) is 17.1 Å². The smallest absolute Gasteiger partial charge is 0.284 e. The Morgan fingerprint density at radius 1 is 1.21 bits per heavy atom. The van der Waals surface area contributed by atoms with Crippen LogP contribution in [0.4, 0.5) is 11.4 Å². The van der Waals surface area contributed by atoms with Crippen molar-refractivity contribution < 1.29 is 13.3 Å². The van der Waals surface area contributed by atoms with E-state index < -0.39 is 14.9 Å². The van der Waals surface area contributed by atoms with E-state index in [1.807, 2.05) is 0 Å². The van der Waals surface area contributed by atoms with Crippen molar-refractivity contribution in [2.24, 2.45) is 7.05 Å². The average molecular weight is 419 g/mol. The largest absolute Gasteiger partial charge is 0.329 e. The molecule has 0 bridgehead atoms. The van der Waals surface area contributed by atoms with Crippen LogP contribution in [0.1, 0.15) is 6.92 Å². The summed E-state index contributed by atoms with van der Waals surface area (Å²) in [4.78, 5) is 15.3. The van der Waals surface area contributed by atoms with Crippen molar-refractivity contribution in [2.75, 3.05) is 10.8 Å². The molecule has 0 spiro atoms. The number of anilines is 1. The molecule has 146 valence electrons. The number of nitro benzene ring substituents is 1. The Hall–Kier alpha value is -2.85. The van der Waals surface area contributed by atoms with Gasteiger partial charge in [0.05, 0.1) is 20.4 Å². The number of nitrogens with zero attached hydrogens (tertiary/aromatic N) is 4. The van der Waals surface area contributed by atoms with Gasteiger partial charge in [0.15, 0.2) is 5.16 Å². The highest BCUT2D eigenvalue weighted by molar-refractivity contribution is 7.99. The van der Waals surface area contributed by atoms with Crippen LogP contribution in [0.5, 0.6) is 0 Å². The zero-order valence-electron chi connectivity index (χ0n) is 15.2. The molecule has 1 aromatic heterocycles. The van der Waals surface area contributed by atoms with E-state index in [4.69, 9.17) is 0 Å². The molecule has 3 aromatic rings. The fourth-order valence-corrected chi connectivity index (χ4v) is 5.03. The number of benzene rings is 2. The van der Waals surface area contributed by atoms with E-state index in [1.54, 1.807) is 61.3 Å². The summed E-state index contributed by atoms with van der Waals surface area (Å²) in [5, 5.41) is 12.1. The maximum Gasteiger partial charge on any atom is 0.284 e. The third-order valence-electron chi connectivity index (χ3n) is 4.02. The van der Waals surface area contributed by atoms with E-state index in [2.05, 4.69) is 4.98 Å². The lowest BCUT2D eigenvalue weighted by atomic mass is 10.3. The number of aromatic nitrogens is 2. The number of imidazole rings is 1. The van der Waals surface area contributed by atoms with Gasteiger partial charge in [0.25, 0.3) is 15.7 Å². The van der Waals surface area contributed by atoms with Crippen molar-refractivity contribution in [1.82, 2.24) is 9.55 Å². The highest BCUT2D eigenvalue weighted by atomic mass is 32.2. The van der Waals surface area contributed by atoms with Gasteiger partial charge >= 0.3 is 0 Å². The van der Waals surface area contributed by atoms with Crippen LogP contribution in [0.15, 0.2) is 75.9 Å². The number of sulfonamides is 1. The Balaban J connectivity index is 2.03. The Morgan fingerprint density at radius 3 is 2.50 bits per heavy atom. The summed E-state index contributed by atoms with van der Waals surface area (Å²) in [6.07, 6.45) is 3.32. The summed E-state index contributed by atoms with van der Waals surface area (Å²) in [5.41, 5.74) is 0.220. The second kappa shape index (κ2) is 8.03. The predicted molar refractivity (Wildman–Crippen MR) is 107 cm³/mol. The lowest BCUT2D eigenvalue weighted by Crippen LogP contribution is -2.30. The molecule has 0 saturated carbocycles. The molecule has 0 N–H and O–H groups in total. The van der Waals surface area contributed by atoms with Gasteiger partial charge in [0.2, 0.25) is 0 Å². The minimum Gasteiger partial charge on any atom is -0.329 e. The molecule has 0 saturated heterocycles. The minimum atomic E-state index is -3.95. The van der Waals surface area contributed by atoms with Crippen LogP contribution in [-0.4, -0.2) is 29.4 Å². The first-order valence-electron chi connectivity index (χ1n) is 8.36. The van der Waals surface area contributed by atoms with Crippen molar-refractivity contribution in [2.45, 2.75) is 21.9 Å². The molecule has 0 aliphatic carbocycles. The number of rotatable bonds is 7. The zero-order chi connectivity index (χ0) is 20.3. The normalized spacial score (nSPS) is 11.4. The van der Waals surface area contributed by atoms with E-state index in [9.17, 15) is 18.5 Å². The number of para-hydroxylation sites is 1. The molecule has 0 fully saturated rings. The van der Waals surface area contributed by atoms with E-state index in [0.29, 0.717) is 15.7 Å². The highest BCUT2D eigenvalue weighted by Gasteiger charge is 2.27. The van der Waals surface area contributed by atoms with Crippen molar-refractivity contribution in [1.29, 1.82) is 0 Å². The molecule has 28 heavy (non-hydrogen) atoms. The van der Waals surface area contributed by atoms with Gasteiger partial charge < -0.3 is 4.57 Å². The van der Waals surface area contributed by atoms with Gasteiger partial charge in [0.1, 0.15) is 0 Å². The van der Waals surface area contributed by atoms with Crippen LogP contribution >= 0.6 is 11.8 Å². The number of nitro groups is 1. The zero-order valence-corrected chi connectivity index (χ0v) is 16.9. The molecule has 10 heteroatoms. The Labute approximate surface area is 167 Å². The van der Waals surface area contributed by atoms with Gasteiger partial charge in [-0.05, 0) is 43.0 Å². The maximum absolute atomic E-state index is 13.1. The first-order chi connectivity index (χ1) is 13.3. The summed E-state index contributed by atoms with van der Waals surface area (Å²) in [7, 11) is -2.17. The van der Waals surface area contributed by atoms with Crippen LogP contribution in [0, 0.1) is 10.1 Å². The second-order valence-electron chi connectivity index (χ2n) is 5.81. The quantitative estimate of drug-likeness (QED) is 0.429. The lowest BCUT2D eigenvalue weighted by molar-refractivity contribution is -0.388. The fraction of sp³-hybridized carbons (Fsp3) is 0.167. The molecular formula is C18H18N4O4S2. The topological polar surface area (TPSA) is 98.3 Å². The molecule has 1 heterocycles. The fourth-order valence-electron chi connectivity index (χ4n) is 2.65. The molecule has 3 rings (SSSR count). The summed E-state index contributed by atoms with van der Waals surface area (Å²) in [6.45, 7) is 1.91. The van der Waals surface area contributed by atoms with Crippen LogP contribution in [0.2, 0.25) is 0 Å². The molecular weight excluding hydrogens is 400 g/mol. The standard InChI is InChI=1S/C18H18N4O4S2/c1-3-21(14-7-5-4-6-8-14)28(25,26)15-9-10-17(16(13-15)22(23)24)27-18-19-11-12-20(18)2/h4-13H,3H2,1-2H3. The molecule has 8 nitrogen and oxygen atoms in total. The summed E-state index contributed by atoms with van der Waals surface area (Å²) < 4.78 is 29.2. The van der Waals surface area contributed by atoms with Crippen molar-refractivity contribution in [3.05, 3.63) is 71.0 Å². The summed E-state index contributed by atoms with van der Waals surface area (Å²) in [5.74, 6) is 0. The van der Waals surface area contributed by atoms with Crippen molar-refractivity contribution >= 4 is 33.2 Å². The number of hydrogen-bond donors (Lipinski definition) is 0. The Bertz CT molecular complexity index is 1100. The second-order valence-corrected chi connectivity index (χ2v) is 8.69. The van der Waals surface area contributed by atoms with Crippen molar-refractivity contribution in [3.8, 4) is 0 Å². The van der Waals surface area contributed by atoms with Gasteiger partial charge in [0, 0.05) is 32.1 Å². The van der Waals surface area contributed by atoms with Gasteiger partial charge in [-0.25, -0.2) is 13.4 Å². The lowest BCUT2D eigenvalue weighted by Gasteiger charge is -2.23. The summed E-state index contributed by atoms with van der Waals surface area (Å²) in [6, 6.07) is 12.6. The minimum absolute atomic E-state index is 0.130. The van der Waals surface area contributed by atoms with Crippen molar-refractivity contribution in [3.63, 3.8) is 0 Å². The average Bonchev–Trinajstić information content (AvgIpc) is 3.07. The van der Waals surface area contributed by atoms with Gasteiger partial charge in [-0.2, -0.15) is 0 Å². The van der Waals surface area contributed by atoms with E-state index >= 15 is 0 Å².